The second kappa shape index (κ2) is 5.47. The summed E-state index contributed by atoms with van der Waals surface area (Å²) < 4.78 is 37.3. The minimum Gasteiger partial charge on any atom is -0.445 e. The lowest BCUT2D eigenvalue weighted by molar-refractivity contribution is 0.102. The average Bonchev–Trinajstić information content (AvgIpc) is 2.29. The van der Waals surface area contributed by atoms with E-state index in [-0.39, 0.29) is 6.54 Å². The third-order valence-corrected chi connectivity index (χ3v) is 4.31. The number of likely N-dealkylation sites (tertiary alicyclic amines) is 1. The second-order valence-electron chi connectivity index (χ2n) is 5.22. The quantitative estimate of drug-likeness (QED) is 0.668. The molecule has 0 N–H and O–H groups in total. The lowest BCUT2D eigenvalue weighted by atomic mass is 9.73. The number of piperidine rings is 1. The van der Waals surface area contributed by atoms with Gasteiger partial charge in [0.15, 0.2) is 0 Å². The summed E-state index contributed by atoms with van der Waals surface area (Å²) in [5.74, 6) is 0. The molecule has 1 rings (SSSR count). The van der Waals surface area contributed by atoms with Crippen molar-refractivity contribution in [3.05, 3.63) is 12.1 Å². The largest absolute Gasteiger partial charge is 0.506 e. The van der Waals surface area contributed by atoms with Crippen LogP contribution in [0.15, 0.2) is 12.1 Å². The minimum absolute atomic E-state index is 0.00694. The van der Waals surface area contributed by atoms with Gasteiger partial charge in [0.1, 0.15) is 0 Å². The van der Waals surface area contributed by atoms with E-state index in [1.807, 2.05) is 4.90 Å². The molecule has 0 aromatic heterocycles. The van der Waals surface area contributed by atoms with E-state index in [2.05, 4.69) is 20.4 Å². The lowest BCUT2D eigenvalue weighted by Gasteiger charge is -2.42. The zero-order chi connectivity index (χ0) is 13.1. The maximum absolute atomic E-state index is 12.4. The van der Waals surface area contributed by atoms with Crippen LogP contribution >= 0.6 is 0 Å². The van der Waals surface area contributed by atoms with Gasteiger partial charge in [0.05, 0.1) is 0 Å². The minimum atomic E-state index is -4.87. The highest BCUT2D eigenvalue weighted by Crippen LogP contribution is 2.38. The Labute approximate surface area is 102 Å². The van der Waals surface area contributed by atoms with E-state index in [1.54, 1.807) is 0 Å². The fourth-order valence-electron chi connectivity index (χ4n) is 2.53. The van der Waals surface area contributed by atoms with Crippen molar-refractivity contribution in [2.75, 3.05) is 19.6 Å². The molecule has 0 saturated carbocycles. The Hall–Kier alpha value is -0.445. The van der Waals surface area contributed by atoms with Gasteiger partial charge in [-0.1, -0.05) is 26.7 Å². The van der Waals surface area contributed by atoms with Gasteiger partial charge < -0.3 is 17.8 Å². The highest BCUT2D eigenvalue weighted by molar-refractivity contribution is 6.66. The van der Waals surface area contributed by atoms with E-state index < -0.39 is 12.4 Å². The Balaban J connectivity index is 2.45. The van der Waals surface area contributed by atoms with E-state index in [1.165, 1.54) is 0 Å². The number of halogens is 3. The van der Waals surface area contributed by atoms with Crippen LogP contribution < -0.4 is 0 Å². The summed E-state index contributed by atoms with van der Waals surface area (Å²) in [6, 6.07) is 0. The number of hydrogen-bond acceptors (Lipinski definition) is 1. The van der Waals surface area contributed by atoms with Gasteiger partial charge >= 0.3 is 6.98 Å². The van der Waals surface area contributed by atoms with E-state index in [0.717, 1.165) is 38.8 Å². The molecule has 5 heteroatoms. The third-order valence-electron chi connectivity index (χ3n) is 4.31. The molecule has 0 radical (unpaired) electrons. The van der Waals surface area contributed by atoms with Crippen LogP contribution in [0.4, 0.5) is 12.9 Å². The fourth-order valence-corrected chi connectivity index (χ4v) is 2.53. The van der Waals surface area contributed by atoms with Gasteiger partial charge in [-0.25, -0.2) is 0 Å². The molecule has 1 aliphatic heterocycles. The molecule has 1 saturated heterocycles. The molecule has 0 aliphatic carbocycles. The highest BCUT2D eigenvalue weighted by atomic mass is 19.4. The maximum atomic E-state index is 12.4. The Kier molecular flexibility index (Phi) is 4.70. The average molecular weight is 248 g/mol. The third kappa shape index (κ3) is 3.76. The first-order valence-electron chi connectivity index (χ1n) is 6.43. The van der Waals surface area contributed by atoms with E-state index in [4.69, 9.17) is 0 Å². The summed E-state index contributed by atoms with van der Waals surface area (Å²) in [5, 5.41) is 0. The van der Waals surface area contributed by atoms with Crippen molar-refractivity contribution in [1.29, 1.82) is 0 Å². The zero-order valence-electron chi connectivity index (χ0n) is 10.8. The van der Waals surface area contributed by atoms with Crippen LogP contribution in [0.5, 0.6) is 0 Å². The molecule has 17 heavy (non-hydrogen) atoms. The Morgan fingerprint density at radius 3 is 2.00 bits per heavy atom. The zero-order valence-corrected chi connectivity index (χ0v) is 10.8. The first-order valence-corrected chi connectivity index (χ1v) is 6.43. The second-order valence-corrected chi connectivity index (χ2v) is 5.22. The molecular weight excluding hydrogens is 226 g/mol. The Morgan fingerprint density at radius 1 is 1.18 bits per heavy atom. The van der Waals surface area contributed by atoms with Crippen molar-refractivity contribution in [2.45, 2.75) is 39.5 Å². The number of hydrogen-bond donors (Lipinski definition) is 0. The molecule has 0 aromatic carbocycles. The Morgan fingerprint density at radius 2 is 1.65 bits per heavy atom. The van der Waals surface area contributed by atoms with Crippen LogP contribution in [-0.2, 0) is 0 Å². The summed E-state index contributed by atoms with van der Waals surface area (Å²) in [6.45, 7) is 4.18. The van der Waals surface area contributed by atoms with Crippen molar-refractivity contribution in [3.63, 3.8) is 0 Å². The molecule has 1 aliphatic rings. The molecule has 0 atom stereocenters. The van der Waals surface area contributed by atoms with Crippen LogP contribution in [-0.4, -0.2) is 31.5 Å². The monoisotopic (exact) mass is 248 g/mol. The molecule has 0 amide bonds. The van der Waals surface area contributed by atoms with E-state index >= 15 is 0 Å². The van der Waals surface area contributed by atoms with Crippen molar-refractivity contribution in [3.8, 4) is 0 Å². The van der Waals surface area contributed by atoms with Crippen LogP contribution in [0.25, 0.3) is 0 Å². The van der Waals surface area contributed by atoms with Crippen molar-refractivity contribution < 1.29 is 12.9 Å². The van der Waals surface area contributed by atoms with E-state index in [9.17, 15) is 12.9 Å². The van der Waals surface area contributed by atoms with Gasteiger partial charge in [-0.3, -0.25) is 0 Å². The fraction of sp³-hybridized carbons (Fsp3) is 0.833. The summed E-state index contributed by atoms with van der Waals surface area (Å²) in [6.07, 6.45) is 4.28. The van der Waals surface area contributed by atoms with Crippen molar-refractivity contribution >= 4 is 6.98 Å². The normalized spacial score (nSPS) is 21.5. The first kappa shape index (κ1) is 14.6. The van der Waals surface area contributed by atoms with Crippen molar-refractivity contribution in [2.24, 2.45) is 5.41 Å². The smallest absolute Gasteiger partial charge is 0.445 e. The van der Waals surface area contributed by atoms with Crippen LogP contribution in [0.1, 0.15) is 39.5 Å². The predicted molar refractivity (Wildman–Crippen MR) is 66.9 cm³/mol. The van der Waals surface area contributed by atoms with Gasteiger partial charge in [-0.05, 0) is 37.9 Å². The molecule has 1 heterocycles. The van der Waals surface area contributed by atoms with Gasteiger partial charge in [-0.2, -0.15) is 0 Å². The molecule has 0 bridgehead atoms. The summed E-state index contributed by atoms with van der Waals surface area (Å²) in [4.78, 5) is 1.89. The molecular formula is C12H22BF3N-. The molecule has 0 spiro atoms. The topological polar surface area (TPSA) is 3.24 Å². The molecule has 0 aromatic rings. The standard InChI is InChI=1S/C12H22BF3N/c1-4-12(5-2)6-8-17(9-7-12)10-11(3)13(14,15)16/h3-10H2,1-2H3/q-1. The molecule has 0 unspecified atom stereocenters. The summed E-state index contributed by atoms with van der Waals surface area (Å²) in [7, 11) is 0. The summed E-state index contributed by atoms with van der Waals surface area (Å²) >= 11 is 0. The molecule has 1 fully saturated rings. The van der Waals surface area contributed by atoms with Crippen LogP contribution in [0.2, 0.25) is 0 Å². The number of nitrogens with zero attached hydrogens (tertiary/aromatic N) is 1. The Bertz CT molecular complexity index is 261. The maximum Gasteiger partial charge on any atom is 0.506 e. The van der Waals surface area contributed by atoms with Gasteiger partial charge in [0.25, 0.3) is 0 Å². The molecule has 100 valence electrons. The van der Waals surface area contributed by atoms with Gasteiger partial charge in [0, 0.05) is 0 Å². The van der Waals surface area contributed by atoms with Crippen LogP contribution in [0.3, 0.4) is 0 Å². The highest BCUT2D eigenvalue weighted by Gasteiger charge is 2.33. The SMILES string of the molecule is C=C(CN1CCC(CC)(CC)CC1)[B-](F)(F)F. The van der Waals surface area contributed by atoms with Gasteiger partial charge in [-0.15, -0.1) is 12.1 Å². The summed E-state index contributed by atoms with van der Waals surface area (Å²) in [5.41, 5.74) is -0.202. The predicted octanol–water partition coefficient (Wildman–Crippen LogP) is 3.83. The van der Waals surface area contributed by atoms with Crippen LogP contribution in [0, 0.1) is 5.41 Å². The lowest BCUT2D eigenvalue weighted by Crippen LogP contribution is -2.42. The molecule has 1 nitrogen and oxygen atoms in total. The van der Waals surface area contributed by atoms with Crippen molar-refractivity contribution in [1.82, 2.24) is 4.90 Å². The number of rotatable bonds is 5. The van der Waals surface area contributed by atoms with Gasteiger partial charge in [0.2, 0.25) is 0 Å². The first-order chi connectivity index (χ1) is 7.83. The van der Waals surface area contributed by atoms with E-state index in [0.29, 0.717) is 5.41 Å².